The highest BCUT2D eigenvalue weighted by atomic mass is 79.9. The second kappa shape index (κ2) is 6.92. The molecule has 1 N–H and O–H groups in total. The molecule has 0 aromatic carbocycles. The molecule has 1 aliphatic rings. The minimum Gasteiger partial charge on any atom is -0.510 e. The summed E-state index contributed by atoms with van der Waals surface area (Å²) >= 11 is 3.04. The molecule has 0 bridgehead atoms. The summed E-state index contributed by atoms with van der Waals surface area (Å²) in [5.74, 6) is -1.66. The van der Waals surface area contributed by atoms with Crippen LogP contribution in [0.5, 0.6) is 0 Å². The number of carbonyl (C=O) groups excluding carboxylic acids is 2. The van der Waals surface area contributed by atoms with E-state index in [2.05, 4.69) is 22.9 Å². The number of methoxy groups -OCH3 is 1. The van der Waals surface area contributed by atoms with Gasteiger partial charge in [-0.05, 0) is 28.3 Å². The number of ether oxygens (including phenoxy) is 1. The zero-order valence-corrected chi connectivity index (χ0v) is 12.3. The number of esters is 1. The van der Waals surface area contributed by atoms with Crippen molar-refractivity contribution >= 4 is 27.7 Å². The highest BCUT2D eigenvalue weighted by molar-refractivity contribution is 9.12. The predicted molar refractivity (Wildman–Crippen MR) is 71.3 cm³/mol. The van der Waals surface area contributed by atoms with E-state index in [1.54, 1.807) is 0 Å². The molecule has 2 atom stereocenters. The maximum atomic E-state index is 11.7. The van der Waals surface area contributed by atoms with Crippen molar-refractivity contribution in [3.8, 4) is 0 Å². The molecule has 1 aliphatic carbocycles. The maximum Gasteiger partial charge on any atom is 0.316 e. The van der Waals surface area contributed by atoms with Crippen molar-refractivity contribution in [2.75, 3.05) is 7.11 Å². The van der Waals surface area contributed by atoms with Crippen molar-refractivity contribution in [2.24, 2.45) is 11.8 Å². The highest BCUT2D eigenvalue weighted by Gasteiger charge is 2.40. The van der Waals surface area contributed by atoms with E-state index in [0.29, 0.717) is 0 Å². The molecule has 102 valence electrons. The molecule has 1 rings (SSSR count). The topological polar surface area (TPSA) is 63.6 Å². The third-order valence-corrected chi connectivity index (χ3v) is 4.17. The van der Waals surface area contributed by atoms with Crippen LogP contribution in [0.1, 0.15) is 39.0 Å². The van der Waals surface area contributed by atoms with Gasteiger partial charge >= 0.3 is 5.97 Å². The molecule has 0 saturated heterocycles. The number of hydrogen-bond donors (Lipinski definition) is 1. The number of unbranched alkanes of at least 4 members (excludes halogenated alkanes) is 2. The number of hydrogen-bond acceptors (Lipinski definition) is 4. The van der Waals surface area contributed by atoms with E-state index in [1.807, 2.05) is 0 Å². The molecule has 18 heavy (non-hydrogen) atoms. The molecule has 0 heterocycles. The molecular formula is C13H19BrO4. The number of halogens is 1. The van der Waals surface area contributed by atoms with E-state index in [1.165, 1.54) is 7.11 Å². The average Bonchev–Trinajstić information content (AvgIpc) is 2.36. The molecule has 0 unspecified atom stereocenters. The standard InChI is InChI=1S/C13H19BrO4/c1-3-4-5-6-8-7-9(15)11(14)12(16)10(8)13(17)18-2/h8,10,16H,3-7H2,1-2H3/t8-,10-/m0/s1. The van der Waals surface area contributed by atoms with Crippen molar-refractivity contribution in [2.45, 2.75) is 39.0 Å². The maximum absolute atomic E-state index is 11.7. The molecular weight excluding hydrogens is 300 g/mol. The monoisotopic (exact) mass is 318 g/mol. The molecule has 0 aliphatic heterocycles. The van der Waals surface area contributed by atoms with Crippen LogP contribution in [0.3, 0.4) is 0 Å². The fraction of sp³-hybridized carbons (Fsp3) is 0.692. The molecule has 0 saturated carbocycles. The van der Waals surface area contributed by atoms with Gasteiger partial charge in [-0.25, -0.2) is 0 Å². The number of aliphatic hydroxyl groups excluding tert-OH is 1. The summed E-state index contributed by atoms with van der Waals surface area (Å²) < 4.78 is 4.83. The van der Waals surface area contributed by atoms with Crippen LogP contribution in [0.4, 0.5) is 0 Å². The van der Waals surface area contributed by atoms with Crippen molar-refractivity contribution in [1.82, 2.24) is 0 Å². The van der Waals surface area contributed by atoms with E-state index < -0.39 is 11.9 Å². The lowest BCUT2D eigenvalue weighted by Crippen LogP contribution is -2.33. The Labute approximate surface area is 116 Å². The van der Waals surface area contributed by atoms with Crippen molar-refractivity contribution in [1.29, 1.82) is 0 Å². The van der Waals surface area contributed by atoms with Gasteiger partial charge in [0.05, 0.1) is 11.6 Å². The van der Waals surface area contributed by atoms with Crippen molar-refractivity contribution < 1.29 is 19.4 Å². The average molecular weight is 319 g/mol. The largest absolute Gasteiger partial charge is 0.510 e. The summed E-state index contributed by atoms with van der Waals surface area (Å²) in [5.41, 5.74) is 0. The third kappa shape index (κ3) is 3.34. The Hall–Kier alpha value is -0.840. The van der Waals surface area contributed by atoms with Crippen molar-refractivity contribution in [3.63, 3.8) is 0 Å². The van der Waals surface area contributed by atoms with Crippen LogP contribution < -0.4 is 0 Å². The summed E-state index contributed by atoms with van der Waals surface area (Å²) in [4.78, 5) is 23.4. The zero-order chi connectivity index (χ0) is 13.7. The molecule has 0 radical (unpaired) electrons. The minimum absolute atomic E-state index is 0.115. The number of rotatable bonds is 5. The molecule has 0 amide bonds. The Morgan fingerprint density at radius 2 is 2.17 bits per heavy atom. The fourth-order valence-corrected chi connectivity index (χ4v) is 2.71. The second-order valence-electron chi connectivity index (χ2n) is 4.58. The first kappa shape index (κ1) is 15.2. The summed E-state index contributed by atoms with van der Waals surface area (Å²) in [7, 11) is 1.29. The molecule has 0 spiro atoms. The van der Waals surface area contributed by atoms with Gasteiger partial charge in [-0.1, -0.05) is 26.2 Å². The first-order valence-corrected chi connectivity index (χ1v) is 7.01. The van der Waals surface area contributed by atoms with E-state index in [4.69, 9.17) is 4.74 Å². The van der Waals surface area contributed by atoms with Gasteiger partial charge in [0.15, 0.2) is 5.78 Å². The number of carbonyl (C=O) groups is 2. The molecule has 0 aromatic rings. The van der Waals surface area contributed by atoms with Crippen molar-refractivity contribution in [3.05, 3.63) is 10.2 Å². The summed E-state index contributed by atoms with van der Waals surface area (Å²) in [5, 5.41) is 9.95. The van der Waals surface area contributed by atoms with Gasteiger partial charge in [-0.2, -0.15) is 0 Å². The van der Waals surface area contributed by atoms with Crippen LogP contribution in [0.2, 0.25) is 0 Å². The lowest BCUT2D eigenvalue weighted by molar-refractivity contribution is -0.147. The first-order valence-electron chi connectivity index (χ1n) is 6.22. The number of Topliss-reactive ketones (excluding diaryl/α,β-unsaturated/α-hetero) is 1. The Kier molecular flexibility index (Phi) is 5.85. The van der Waals surface area contributed by atoms with Crippen LogP contribution in [-0.2, 0) is 14.3 Å². The number of allylic oxidation sites excluding steroid dienone is 1. The van der Waals surface area contributed by atoms with E-state index in [9.17, 15) is 14.7 Å². The summed E-state index contributed by atoms with van der Waals surface area (Å²) in [6.45, 7) is 2.10. The molecule has 4 nitrogen and oxygen atoms in total. The van der Waals surface area contributed by atoms with Crippen LogP contribution in [-0.4, -0.2) is 24.0 Å². The van der Waals surface area contributed by atoms with Gasteiger partial charge in [-0.15, -0.1) is 0 Å². The Morgan fingerprint density at radius 1 is 1.50 bits per heavy atom. The van der Waals surface area contributed by atoms with E-state index in [-0.39, 0.29) is 28.4 Å². The van der Waals surface area contributed by atoms with Gasteiger partial charge in [0.1, 0.15) is 11.7 Å². The second-order valence-corrected chi connectivity index (χ2v) is 5.38. The highest BCUT2D eigenvalue weighted by Crippen LogP contribution is 2.37. The van der Waals surface area contributed by atoms with Crippen LogP contribution in [0, 0.1) is 11.8 Å². The normalized spacial score (nSPS) is 24.3. The quantitative estimate of drug-likeness (QED) is 0.625. The SMILES string of the molecule is CCCCC[C@H]1CC(=O)C(Br)=C(O)[C@H]1C(=O)OC. The van der Waals surface area contributed by atoms with Gasteiger partial charge in [0.25, 0.3) is 0 Å². The first-order chi connectivity index (χ1) is 8.52. The number of ketones is 1. The van der Waals surface area contributed by atoms with E-state index >= 15 is 0 Å². The predicted octanol–water partition coefficient (Wildman–Crippen LogP) is 3.11. The van der Waals surface area contributed by atoms with Gasteiger partial charge < -0.3 is 9.84 Å². The minimum atomic E-state index is -0.709. The van der Waals surface area contributed by atoms with Crippen LogP contribution in [0.15, 0.2) is 10.2 Å². The third-order valence-electron chi connectivity index (χ3n) is 3.32. The lowest BCUT2D eigenvalue weighted by Gasteiger charge is -2.28. The van der Waals surface area contributed by atoms with Gasteiger partial charge in [0, 0.05) is 6.42 Å². The van der Waals surface area contributed by atoms with Gasteiger partial charge in [0.2, 0.25) is 0 Å². The Balaban J connectivity index is 2.87. The number of aliphatic hydroxyl groups is 1. The smallest absolute Gasteiger partial charge is 0.316 e. The van der Waals surface area contributed by atoms with E-state index in [0.717, 1.165) is 25.7 Å². The summed E-state index contributed by atoms with van der Waals surface area (Å²) in [6.07, 6.45) is 4.13. The zero-order valence-electron chi connectivity index (χ0n) is 10.7. The van der Waals surface area contributed by atoms with Crippen LogP contribution >= 0.6 is 15.9 Å². The molecule has 5 heteroatoms. The van der Waals surface area contributed by atoms with Gasteiger partial charge in [-0.3, -0.25) is 9.59 Å². The molecule has 0 aromatic heterocycles. The van der Waals surface area contributed by atoms with Crippen LogP contribution in [0.25, 0.3) is 0 Å². The lowest BCUT2D eigenvalue weighted by atomic mass is 9.79. The molecule has 0 fully saturated rings. The fourth-order valence-electron chi connectivity index (χ4n) is 2.30. The Morgan fingerprint density at radius 3 is 2.72 bits per heavy atom. The summed E-state index contributed by atoms with van der Waals surface area (Å²) in [6, 6.07) is 0. The Bertz CT molecular complexity index is 362.